The summed E-state index contributed by atoms with van der Waals surface area (Å²) < 4.78 is 2.44. The van der Waals surface area contributed by atoms with Crippen LogP contribution >= 0.6 is 0 Å². The molecule has 4 heteroatoms. The van der Waals surface area contributed by atoms with Gasteiger partial charge in [0, 0.05) is 42.9 Å². The molecule has 0 aromatic carbocycles. The summed E-state index contributed by atoms with van der Waals surface area (Å²) in [6.07, 6.45) is 6.66. The summed E-state index contributed by atoms with van der Waals surface area (Å²) in [7, 11) is 0. The molecule has 19 heavy (non-hydrogen) atoms. The molecule has 1 aromatic heterocycles. The SMILES string of the molecule is CC(C)N1CCC(c2ncc3n2CCC(N)C3)CC1. The fourth-order valence-electron chi connectivity index (χ4n) is 3.51. The van der Waals surface area contributed by atoms with Crippen molar-refractivity contribution >= 4 is 0 Å². The Hall–Kier alpha value is -0.870. The lowest BCUT2D eigenvalue weighted by atomic mass is 9.94. The molecule has 1 unspecified atom stereocenters. The Labute approximate surface area is 116 Å². The topological polar surface area (TPSA) is 47.1 Å². The first-order valence-corrected chi connectivity index (χ1v) is 7.69. The van der Waals surface area contributed by atoms with E-state index in [9.17, 15) is 0 Å². The monoisotopic (exact) mass is 262 g/mol. The van der Waals surface area contributed by atoms with Crippen LogP contribution in [-0.4, -0.2) is 39.6 Å². The van der Waals surface area contributed by atoms with Gasteiger partial charge in [0.2, 0.25) is 0 Å². The zero-order valence-corrected chi connectivity index (χ0v) is 12.2. The molecule has 0 radical (unpaired) electrons. The number of imidazole rings is 1. The first-order valence-electron chi connectivity index (χ1n) is 7.69. The van der Waals surface area contributed by atoms with E-state index in [4.69, 9.17) is 10.7 Å². The van der Waals surface area contributed by atoms with Gasteiger partial charge < -0.3 is 15.2 Å². The maximum absolute atomic E-state index is 6.04. The number of hydrogen-bond acceptors (Lipinski definition) is 3. The maximum Gasteiger partial charge on any atom is 0.112 e. The second-order valence-corrected chi connectivity index (χ2v) is 6.42. The fourth-order valence-corrected chi connectivity index (χ4v) is 3.51. The molecule has 1 atom stereocenters. The van der Waals surface area contributed by atoms with E-state index in [1.165, 1.54) is 37.4 Å². The van der Waals surface area contributed by atoms with Crippen LogP contribution in [0.5, 0.6) is 0 Å². The lowest BCUT2D eigenvalue weighted by Crippen LogP contribution is -2.38. The molecule has 3 rings (SSSR count). The van der Waals surface area contributed by atoms with Crippen molar-refractivity contribution in [1.29, 1.82) is 0 Å². The number of hydrogen-bond donors (Lipinski definition) is 1. The van der Waals surface area contributed by atoms with Crippen molar-refractivity contribution < 1.29 is 0 Å². The fraction of sp³-hybridized carbons (Fsp3) is 0.800. The molecule has 4 nitrogen and oxygen atoms in total. The Morgan fingerprint density at radius 1 is 1.21 bits per heavy atom. The number of nitrogens with two attached hydrogens (primary N) is 1. The van der Waals surface area contributed by atoms with Crippen LogP contribution in [-0.2, 0) is 13.0 Å². The molecule has 1 fully saturated rings. The van der Waals surface area contributed by atoms with E-state index in [1.807, 2.05) is 0 Å². The second-order valence-electron chi connectivity index (χ2n) is 6.42. The summed E-state index contributed by atoms with van der Waals surface area (Å²) in [5, 5.41) is 0. The molecular weight excluding hydrogens is 236 g/mol. The number of likely N-dealkylation sites (tertiary alicyclic amines) is 1. The summed E-state index contributed by atoms with van der Waals surface area (Å²) in [5.74, 6) is 1.98. The van der Waals surface area contributed by atoms with E-state index in [-0.39, 0.29) is 0 Å². The Morgan fingerprint density at radius 3 is 2.63 bits per heavy atom. The molecule has 0 bridgehead atoms. The molecular formula is C15H26N4. The smallest absolute Gasteiger partial charge is 0.112 e. The first kappa shape index (κ1) is 13.1. The molecule has 3 heterocycles. The van der Waals surface area contributed by atoms with Crippen molar-refractivity contribution in [2.75, 3.05) is 13.1 Å². The molecule has 2 N–H and O–H groups in total. The molecule has 2 aliphatic heterocycles. The predicted octanol–water partition coefficient (Wildman–Crippen LogP) is 1.74. The zero-order valence-electron chi connectivity index (χ0n) is 12.2. The van der Waals surface area contributed by atoms with Crippen LogP contribution in [0.25, 0.3) is 0 Å². The lowest BCUT2D eigenvalue weighted by Gasteiger charge is -2.35. The van der Waals surface area contributed by atoms with Gasteiger partial charge in [0.25, 0.3) is 0 Å². The van der Waals surface area contributed by atoms with Gasteiger partial charge >= 0.3 is 0 Å². The van der Waals surface area contributed by atoms with Gasteiger partial charge in [0.05, 0.1) is 0 Å². The summed E-state index contributed by atoms with van der Waals surface area (Å²) in [4.78, 5) is 7.29. The minimum absolute atomic E-state index is 0.333. The van der Waals surface area contributed by atoms with Crippen molar-refractivity contribution in [1.82, 2.24) is 14.5 Å². The van der Waals surface area contributed by atoms with Gasteiger partial charge in [-0.3, -0.25) is 0 Å². The minimum atomic E-state index is 0.333. The molecule has 1 saturated heterocycles. The van der Waals surface area contributed by atoms with Gasteiger partial charge in [-0.1, -0.05) is 0 Å². The van der Waals surface area contributed by atoms with Crippen LogP contribution in [0.15, 0.2) is 6.20 Å². The van der Waals surface area contributed by atoms with Gasteiger partial charge in [0.1, 0.15) is 5.82 Å². The van der Waals surface area contributed by atoms with Gasteiger partial charge in [-0.2, -0.15) is 0 Å². The average Bonchev–Trinajstić information content (AvgIpc) is 2.81. The van der Waals surface area contributed by atoms with Crippen molar-refractivity contribution in [2.24, 2.45) is 5.73 Å². The highest BCUT2D eigenvalue weighted by Crippen LogP contribution is 2.30. The Kier molecular flexibility index (Phi) is 3.63. The largest absolute Gasteiger partial charge is 0.332 e. The first-order chi connectivity index (χ1) is 9.15. The Bertz CT molecular complexity index is 429. The Morgan fingerprint density at radius 2 is 1.95 bits per heavy atom. The molecule has 0 saturated carbocycles. The van der Waals surface area contributed by atoms with E-state index < -0.39 is 0 Å². The van der Waals surface area contributed by atoms with Crippen molar-refractivity contribution in [3.8, 4) is 0 Å². The predicted molar refractivity (Wildman–Crippen MR) is 77.2 cm³/mol. The normalized spacial score (nSPS) is 25.8. The standard InChI is InChI=1S/C15H26N4/c1-11(2)18-6-3-12(4-7-18)15-17-10-14-9-13(16)5-8-19(14)15/h10-13H,3-9,16H2,1-2H3. The maximum atomic E-state index is 6.04. The number of rotatable bonds is 2. The van der Waals surface area contributed by atoms with E-state index in [1.54, 1.807) is 0 Å². The summed E-state index contributed by atoms with van der Waals surface area (Å²) in [5.41, 5.74) is 7.39. The molecule has 1 aromatic rings. The summed E-state index contributed by atoms with van der Waals surface area (Å²) in [6.45, 7) is 8.07. The molecule has 0 spiro atoms. The van der Waals surface area contributed by atoms with Crippen LogP contribution < -0.4 is 5.73 Å². The van der Waals surface area contributed by atoms with Crippen LogP contribution in [0.2, 0.25) is 0 Å². The van der Waals surface area contributed by atoms with Crippen LogP contribution in [0, 0.1) is 0 Å². The summed E-state index contributed by atoms with van der Waals surface area (Å²) >= 11 is 0. The highest BCUT2D eigenvalue weighted by molar-refractivity contribution is 5.14. The number of piperidine rings is 1. The third kappa shape index (κ3) is 2.56. The Balaban J connectivity index is 1.71. The van der Waals surface area contributed by atoms with Gasteiger partial charge in [-0.25, -0.2) is 4.98 Å². The molecule has 0 aliphatic carbocycles. The summed E-state index contributed by atoms with van der Waals surface area (Å²) in [6, 6.07) is 1.01. The minimum Gasteiger partial charge on any atom is -0.332 e. The molecule has 2 aliphatic rings. The number of aromatic nitrogens is 2. The quantitative estimate of drug-likeness (QED) is 0.883. The van der Waals surface area contributed by atoms with E-state index in [0.29, 0.717) is 18.0 Å². The molecule has 106 valence electrons. The van der Waals surface area contributed by atoms with E-state index in [2.05, 4.69) is 29.5 Å². The average molecular weight is 262 g/mol. The lowest BCUT2D eigenvalue weighted by molar-refractivity contribution is 0.168. The van der Waals surface area contributed by atoms with Gasteiger partial charge in [-0.15, -0.1) is 0 Å². The van der Waals surface area contributed by atoms with Crippen molar-refractivity contribution in [3.05, 3.63) is 17.7 Å². The third-order valence-corrected chi connectivity index (χ3v) is 4.79. The van der Waals surface area contributed by atoms with E-state index in [0.717, 1.165) is 19.4 Å². The van der Waals surface area contributed by atoms with Crippen LogP contribution in [0.3, 0.4) is 0 Å². The highest BCUT2D eigenvalue weighted by atomic mass is 15.2. The van der Waals surface area contributed by atoms with Crippen LogP contribution in [0.1, 0.15) is 50.5 Å². The zero-order chi connectivity index (χ0) is 13.4. The highest BCUT2D eigenvalue weighted by Gasteiger charge is 2.27. The third-order valence-electron chi connectivity index (χ3n) is 4.79. The van der Waals surface area contributed by atoms with Crippen molar-refractivity contribution in [3.63, 3.8) is 0 Å². The van der Waals surface area contributed by atoms with E-state index >= 15 is 0 Å². The second kappa shape index (κ2) is 5.25. The van der Waals surface area contributed by atoms with Gasteiger partial charge in [-0.05, 0) is 46.2 Å². The van der Waals surface area contributed by atoms with Crippen molar-refractivity contribution in [2.45, 2.75) is 64.1 Å². The number of nitrogens with zero attached hydrogens (tertiary/aromatic N) is 3. The van der Waals surface area contributed by atoms with Crippen LogP contribution in [0.4, 0.5) is 0 Å². The molecule has 0 amide bonds. The number of fused-ring (bicyclic) bond motifs is 1. The van der Waals surface area contributed by atoms with Gasteiger partial charge in [0.15, 0.2) is 0 Å².